The van der Waals surface area contributed by atoms with Crippen LogP contribution in [0.15, 0.2) is 46.0 Å². The van der Waals surface area contributed by atoms with Gasteiger partial charge in [-0.05, 0) is 55.0 Å². The molecule has 2 aliphatic rings. The van der Waals surface area contributed by atoms with Crippen LogP contribution in [0.2, 0.25) is 0 Å². The molecule has 5 nitrogen and oxygen atoms in total. The van der Waals surface area contributed by atoms with Crippen LogP contribution in [0.1, 0.15) is 53.7 Å². The summed E-state index contributed by atoms with van der Waals surface area (Å²) in [7, 11) is 0. The molecule has 0 radical (unpaired) electrons. The van der Waals surface area contributed by atoms with Gasteiger partial charge in [-0.3, -0.25) is 0 Å². The van der Waals surface area contributed by atoms with Gasteiger partial charge in [0.05, 0.1) is 17.3 Å². The molecule has 1 atom stereocenters. The first-order valence-corrected chi connectivity index (χ1v) is 9.55. The second kappa shape index (κ2) is 8.22. The van der Waals surface area contributed by atoms with Gasteiger partial charge in [-0.15, -0.1) is 0 Å². The van der Waals surface area contributed by atoms with Crippen molar-refractivity contribution in [3.8, 4) is 6.07 Å². The summed E-state index contributed by atoms with van der Waals surface area (Å²) < 4.78 is 19.9. The third-order valence-corrected chi connectivity index (χ3v) is 5.04. The molecule has 2 aromatic rings. The Bertz CT molecular complexity index is 996. The number of allylic oxidation sites excluding steroid dienone is 1. The first-order chi connectivity index (χ1) is 13.7. The minimum absolute atomic E-state index is 0.112. The van der Waals surface area contributed by atoms with E-state index in [-0.39, 0.29) is 11.7 Å². The summed E-state index contributed by atoms with van der Waals surface area (Å²) in [6.07, 6.45) is 11.8. The van der Waals surface area contributed by atoms with Crippen molar-refractivity contribution in [2.24, 2.45) is 4.99 Å². The van der Waals surface area contributed by atoms with E-state index in [0.29, 0.717) is 23.6 Å². The third kappa shape index (κ3) is 4.04. The van der Waals surface area contributed by atoms with Gasteiger partial charge in [0.2, 0.25) is 5.89 Å². The molecule has 1 N–H and O–H groups in total. The smallest absolute Gasteiger partial charge is 0.247 e. The van der Waals surface area contributed by atoms with Crippen molar-refractivity contribution in [2.45, 2.75) is 38.0 Å². The summed E-state index contributed by atoms with van der Waals surface area (Å²) in [6, 6.07) is 6.61. The predicted octanol–water partition coefficient (Wildman–Crippen LogP) is 4.27. The summed E-state index contributed by atoms with van der Waals surface area (Å²) in [6.45, 7) is 0.826. The van der Waals surface area contributed by atoms with Crippen molar-refractivity contribution >= 4 is 11.9 Å². The summed E-state index contributed by atoms with van der Waals surface area (Å²) in [5.41, 5.74) is 2.76. The molecule has 2 heterocycles. The molecule has 0 amide bonds. The van der Waals surface area contributed by atoms with Gasteiger partial charge in [-0.25, -0.2) is 14.4 Å². The Hall–Kier alpha value is -3.20. The SMILES string of the molecule is N#Cc1cc(F)cc(C2CCCc3oc(C4=C/NCC/C=C/C=N\4)nc3C2)c1. The van der Waals surface area contributed by atoms with Crippen LogP contribution >= 0.6 is 0 Å². The van der Waals surface area contributed by atoms with Crippen LogP contribution in [0.4, 0.5) is 4.39 Å². The zero-order chi connectivity index (χ0) is 19.3. The molecular formula is C22H21FN4O. The fourth-order valence-electron chi connectivity index (χ4n) is 3.66. The van der Waals surface area contributed by atoms with Gasteiger partial charge < -0.3 is 9.73 Å². The molecule has 0 bridgehead atoms. The van der Waals surface area contributed by atoms with E-state index in [4.69, 9.17) is 14.7 Å². The highest BCUT2D eigenvalue weighted by Crippen LogP contribution is 2.33. The molecule has 1 aliphatic carbocycles. The lowest BCUT2D eigenvalue weighted by atomic mass is 9.90. The fraction of sp³-hybridized carbons (Fsp3) is 0.318. The van der Waals surface area contributed by atoms with E-state index in [1.807, 2.05) is 18.3 Å². The average Bonchev–Trinajstić information content (AvgIpc) is 3.05. The third-order valence-electron chi connectivity index (χ3n) is 5.04. The maximum absolute atomic E-state index is 13.9. The molecule has 0 spiro atoms. The van der Waals surface area contributed by atoms with E-state index >= 15 is 0 Å². The molecular weight excluding hydrogens is 355 g/mol. The van der Waals surface area contributed by atoms with Gasteiger partial charge in [0.25, 0.3) is 0 Å². The molecule has 1 unspecified atom stereocenters. The minimum atomic E-state index is -0.372. The number of benzene rings is 1. The van der Waals surface area contributed by atoms with E-state index in [2.05, 4.69) is 16.4 Å². The number of aliphatic imine (C=N–C) groups is 1. The first-order valence-electron chi connectivity index (χ1n) is 9.55. The van der Waals surface area contributed by atoms with Crippen LogP contribution in [0.25, 0.3) is 5.70 Å². The molecule has 1 aromatic carbocycles. The Morgan fingerprint density at radius 2 is 2.21 bits per heavy atom. The Kier molecular flexibility index (Phi) is 5.34. The molecule has 142 valence electrons. The van der Waals surface area contributed by atoms with E-state index in [1.54, 1.807) is 12.3 Å². The van der Waals surface area contributed by atoms with Crippen molar-refractivity contribution in [3.05, 3.63) is 70.8 Å². The molecule has 1 aliphatic heterocycles. The zero-order valence-electron chi connectivity index (χ0n) is 15.5. The number of nitrogens with one attached hydrogen (secondary N) is 1. The second-order valence-corrected chi connectivity index (χ2v) is 7.05. The fourth-order valence-corrected chi connectivity index (χ4v) is 3.66. The maximum atomic E-state index is 13.9. The largest absolute Gasteiger partial charge is 0.440 e. The Morgan fingerprint density at radius 1 is 1.29 bits per heavy atom. The molecule has 4 rings (SSSR count). The highest BCUT2D eigenvalue weighted by Gasteiger charge is 2.24. The minimum Gasteiger partial charge on any atom is -0.440 e. The number of halogens is 1. The standard InChI is InChI=1S/C22H21FN4O/c23-18-10-15(13-24)9-17(11-18)16-5-4-6-21-19(12-16)27-22(28-21)20-14-25-7-2-1-3-8-26-20/h1,3,8-11,14,16,25H,2,4-7,12H2/b3-1+,20-14-,26-8-. The van der Waals surface area contributed by atoms with Gasteiger partial charge in [-0.1, -0.05) is 6.08 Å². The van der Waals surface area contributed by atoms with Gasteiger partial charge in [0.15, 0.2) is 0 Å². The average molecular weight is 376 g/mol. The van der Waals surface area contributed by atoms with Crippen LogP contribution in [-0.2, 0) is 12.8 Å². The second-order valence-electron chi connectivity index (χ2n) is 7.05. The lowest BCUT2D eigenvalue weighted by molar-refractivity contribution is 0.481. The Labute approximate surface area is 163 Å². The number of hydrogen-bond donors (Lipinski definition) is 1. The molecule has 0 saturated carbocycles. The van der Waals surface area contributed by atoms with Gasteiger partial charge >= 0.3 is 0 Å². The zero-order valence-corrected chi connectivity index (χ0v) is 15.5. The van der Waals surface area contributed by atoms with Crippen molar-refractivity contribution < 1.29 is 8.81 Å². The van der Waals surface area contributed by atoms with Crippen LogP contribution < -0.4 is 5.32 Å². The number of hydrogen-bond acceptors (Lipinski definition) is 5. The number of aromatic nitrogens is 1. The molecule has 0 saturated heterocycles. The Morgan fingerprint density at radius 3 is 3.11 bits per heavy atom. The van der Waals surface area contributed by atoms with Crippen molar-refractivity contribution in [1.29, 1.82) is 5.26 Å². The quantitative estimate of drug-likeness (QED) is 0.795. The van der Waals surface area contributed by atoms with Crippen molar-refractivity contribution in [1.82, 2.24) is 10.3 Å². The van der Waals surface area contributed by atoms with Crippen molar-refractivity contribution in [2.75, 3.05) is 6.54 Å². The normalized spacial score (nSPS) is 23.4. The Balaban J connectivity index is 1.62. The highest BCUT2D eigenvalue weighted by molar-refractivity contribution is 5.78. The summed E-state index contributed by atoms with van der Waals surface area (Å²) in [4.78, 5) is 9.14. The van der Waals surface area contributed by atoms with E-state index in [1.165, 1.54) is 12.1 Å². The molecule has 0 fully saturated rings. The lowest BCUT2D eigenvalue weighted by Gasteiger charge is -2.14. The molecule has 6 heteroatoms. The van der Waals surface area contributed by atoms with Crippen molar-refractivity contribution in [3.63, 3.8) is 0 Å². The maximum Gasteiger partial charge on any atom is 0.247 e. The number of rotatable bonds is 2. The van der Waals surface area contributed by atoms with Crippen LogP contribution in [0.5, 0.6) is 0 Å². The molecule has 1 aromatic heterocycles. The van der Waals surface area contributed by atoms with E-state index in [9.17, 15) is 4.39 Å². The van der Waals surface area contributed by atoms with E-state index < -0.39 is 0 Å². The van der Waals surface area contributed by atoms with Gasteiger partial charge in [0, 0.05) is 31.8 Å². The summed E-state index contributed by atoms with van der Waals surface area (Å²) in [5.74, 6) is 1.12. The number of oxazole rings is 1. The number of fused-ring (bicyclic) bond motifs is 1. The van der Waals surface area contributed by atoms with Gasteiger partial charge in [-0.2, -0.15) is 5.26 Å². The predicted molar refractivity (Wildman–Crippen MR) is 105 cm³/mol. The number of nitriles is 1. The lowest BCUT2D eigenvalue weighted by Crippen LogP contribution is -2.06. The van der Waals surface area contributed by atoms with Crippen LogP contribution in [-0.4, -0.2) is 17.7 Å². The number of aryl methyl sites for hydroxylation is 1. The van der Waals surface area contributed by atoms with Crippen LogP contribution in [0, 0.1) is 17.1 Å². The topological polar surface area (TPSA) is 74.2 Å². The summed E-state index contributed by atoms with van der Waals surface area (Å²) in [5, 5.41) is 12.4. The van der Waals surface area contributed by atoms with Gasteiger partial charge in [0.1, 0.15) is 17.3 Å². The summed E-state index contributed by atoms with van der Waals surface area (Å²) >= 11 is 0. The first kappa shape index (κ1) is 18.2. The molecule has 28 heavy (non-hydrogen) atoms. The van der Waals surface area contributed by atoms with E-state index in [0.717, 1.165) is 49.2 Å². The monoisotopic (exact) mass is 376 g/mol. The van der Waals surface area contributed by atoms with Crippen LogP contribution in [0.3, 0.4) is 0 Å². The number of nitrogens with zero attached hydrogens (tertiary/aromatic N) is 3. The highest BCUT2D eigenvalue weighted by atomic mass is 19.1.